The van der Waals surface area contributed by atoms with Gasteiger partial charge in [0, 0.05) is 76.2 Å². The van der Waals surface area contributed by atoms with E-state index in [1.807, 2.05) is 49.3 Å². The zero-order valence-corrected chi connectivity index (χ0v) is 18.7. The molecule has 0 amide bonds. The van der Waals surface area contributed by atoms with E-state index in [4.69, 9.17) is 0 Å². The van der Waals surface area contributed by atoms with E-state index >= 15 is 0 Å². The lowest BCUT2D eigenvalue weighted by Gasteiger charge is -2.10. The SMILES string of the molecule is CC(C)Nc1cncc(-c2cnc3[nH]nc(-c4cc5c(-c6cccnc6)cncc5[nH]4)c3c2)c1. The fraction of sp³-hybridized carbons (Fsp3) is 0.115. The number of aromatic nitrogens is 7. The van der Waals surface area contributed by atoms with Crippen molar-refractivity contribution in [1.29, 1.82) is 0 Å². The first-order valence-electron chi connectivity index (χ1n) is 11.1. The van der Waals surface area contributed by atoms with Crippen molar-refractivity contribution in [2.45, 2.75) is 19.9 Å². The molecule has 0 radical (unpaired) electrons. The van der Waals surface area contributed by atoms with E-state index < -0.39 is 0 Å². The Morgan fingerprint density at radius 1 is 0.824 bits per heavy atom. The molecule has 0 aliphatic heterocycles. The Balaban J connectivity index is 1.45. The predicted molar refractivity (Wildman–Crippen MR) is 134 cm³/mol. The van der Waals surface area contributed by atoms with Crippen molar-refractivity contribution in [3.63, 3.8) is 0 Å². The van der Waals surface area contributed by atoms with Crippen LogP contribution in [0.3, 0.4) is 0 Å². The molecule has 0 aromatic carbocycles. The highest BCUT2D eigenvalue weighted by molar-refractivity contribution is 6.00. The number of H-pyrrole nitrogens is 2. The van der Waals surface area contributed by atoms with Crippen LogP contribution in [0.15, 0.2) is 73.7 Å². The first kappa shape index (κ1) is 20.0. The molecule has 0 unspecified atom stereocenters. The summed E-state index contributed by atoms with van der Waals surface area (Å²) < 4.78 is 0. The van der Waals surface area contributed by atoms with Gasteiger partial charge in [-0.1, -0.05) is 6.07 Å². The van der Waals surface area contributed by atoms with Gasteiger partial charge in [-0.25, -0.2) is 4.98 Å². The number of aromatic amines is 2. The van der Waals surface area contributed by atoms with Crippen molar-refractivity contribution in [1.82, 2.24) is 35.1 Å². The molecule has 8 nitrogen and oxygen atoms in total. The Morgan fingerprint density at radius 2 is 1.68 bits per heavy atom. The quantitative estimate of drug-likeness (QED) is 0.325. The van der Waals surface area contributed by atoms with Gasteiger partial charge in [0.25, 0.3) is 0 Å². The van der Waals surface area contributed by atoms with Crippen molar-refractivity contribution in [3.8, 4) is 33.6 Å². The molecule has 0 saturated heterocycles. The summed E-state index contributed by atoms with van der Waals surface area (Å²) in [6.45, 7) is 4.21. The minimum absolute atomic E-state index is 0.325. The van der Waals surface area contributed by atoms with Crippen molar-refractivity contribution in [3.05, 3.63) is 73.7 Å². The lowest BCUT2D eigenvalue weighted by Crippen LogP contribution is -2.09. The summed E-state index contributed by atoms with van der Waals surface area (Å²) in [5, 5.41) is 13.0. The molecule has 0 bridgehead atoms. The highest BCUT2D eigenvalue weighted by Crippen LogP contribution is 2.34. The van der Waals surface area contributed by atoms with Gasteiger partial charge in [-0.2, -0.15) is 5.10 Å². The van der Waals surface area contributed by atoms with Gasteiger partial charge in [0.05, 0.1) is 23.1 Å². The third-order valence-corrected chi connectivity index (χ3v) is 5.72. The van der Waals surface area contributed by atoms with Gasteiger partial charge in [-0.3, -0.25) is 20.1 Å². The molecule has 0 atom stereocenters. The molecule has 6 heterocycles. The van der Waals surface area contributed by atoms with E-state index in [0.717, 1.165) is 61.3 Å². The number of hydrogen-bond donors (Lipinski definition) is 3. The Morgan fingerprint density at radius 3 is 2.53 bits per heavy atom. The summed E-state index contributed by atoms with van der Waals surface area (Å²) in [6.07, 6.45) is 12.8. The van der Waals surface area contributed by atoms with Gasteiger partial charge >= 0.3 is 0 Å². The molecule has 0 fully saturated rings. The maximum Gasteiger partial charge on any atom is 0.155 e. The van der Waals surface area contributed by atoms with Crippen LogP contribution in [0.5, 0.6) is 0 Å². The fourth-order valence-corrected chi connectivity index (χ4v) is 4.21. The van der Waals surface area contributed by atoms with E-state index in [2.05, 4.69) is 72.5 Å². The van der Waals surface area contributed by atoms with Crippen LogP contribution in [0.4, 0.5) is 5.69 Å². The first-order chi connectivity index (χ1) is 16.7. The molecular weight excluding hydrogens is 424 g/mol. The number of rotatable bonds is 5. The Labute approximate surface area is 195 Å². The Kier molecular flexibility index (Phi) is 4.76. The third-order valence-electron chi connectivity index (χ3n) is 5.72. The fourth-order valence-electron chi connectivity index (χ4n) is 4.21. The first-order valence-corrected chi connectivity index (χ1v) is 11.1. The second kappa shape index (κ2) is 8.08. The topological polar surface area (TPSA) is 108 Å². The van der Waals surface area contributed by atoms with Gasteiger partial charge in [0.1, 0.15) is 5.69 Å². The highest BCUT2D eigenvalue weighted by atomic mass is 15.2. The zero-order valence-electron chi connectivity index (χ0n) is 18.7. The second-order valence-electron chi connectivity index (χ2n) is 8.53. The molecule has 0 aliphatic rings. The summed E-state index contributed by atoms with van der Waals surface area (Å²) in [4.78, 5) is 21.2. The molecule has 166 valence electrons. The molecule has 34 heavy (non-hydrogen) atoms. The zero-order chi connectivity index (χ0) is 23.1. The summed E-state index contributed by atoms with van der Waals surface area (Å²) >= 11 is 0. The molecule has 0 aliphatic carbocycles. The lowest BCUT2D eigenvalue weighted by atomic mass is 10.1. The van der Waals surface area contributed by atoms with E-state index in [1.54, 1.807) is 6.20 Å². The molecule has 0 spiro atoms. The van der Waals surface area contributed by atoms with Crippen LogP contribution in [-0.4, -0.2) is 41.2 Å². The van der Waals surface area contributed by atoms with E-state index in [0.29, 0.717) is 6.04 Å². The maximum absolute atomic E-state index is 4.61. The predicted octanol–water partition coefficient (Wildman–Crippen LogP) is 5.45. The number of pyridine rings is 4. The summed E-state index contributed by atoms with van der Waals surface area (Å²) in [5.41, 5.74) is 8.35. The van der Waals surface area contributed by atoms with Crippen molar-refractivity contribution in [2.24, 2.45) is 0 Å². The molecule has 6 aromatic rings. The number of hydrogen-bond acceptors (Lipinski definition) is 6. The van der Waals surface area contributed by atoms with E-state index in [1.165, 1.54) is 0 Å². The number of nitrogens with one attached hydrogen (secondary N) is 3. The number of anilines is 1. The van der Waals surface area contributed by atoms with Crippen molar-refractivity contribution in [2.75, 3.05) is 5.32 Å². The molecule has 6 aromatic heterocycles. The Bertz CT molecular complexity index is 1610. The normalized spacial score (nSPS) is 11.5. The molecule has 0 saturated carbocycles. The van der Waals surface area contributed by atoms with E-state index in [-0.39, 0.29) is 0 Å². The van der Waals surface area contributed by atoms with Gasteiger partial charge in [0.2, 0.25) is 0 Å². The van der Waals surface area contributed by atoms with Crippen molar-refractivity contribution < 1.29 is 0 Å². The van der Waals surface area contributed by atoms with Crippen LogP contribution in [-0.2, 0) is 0 Å². The number of nitrogens with zero attached hydrogens (tertiary/aromatic N) is 5. The molecule has 6 rings (SSSR count). The molecule has 8 heteroatoms. The standard InChI is InChI=1S/C26H22N8/c1-15(2)31-19-6-17(10-28-12-19)18-7-21-25(33-34-26(21)30-11-18)23-8-20-22(13-29-14-24(20)32-23)16-4-3-5-27-9-16/h3-15,31-32H,1-2H3,(H,30,33,34). The number of fused-ring (bicyclic) bond motifs is 2. The Hall–Kier alpha value is -4.59. The van der Waals surface area contributed by atoms with Crippen LogP contribution in [0.1, 0.15) is 13.8 Å². The lowest BCUT2D eigenvalue weighted by molar-refractivity contribution is 0.898. The van der Waals surface area contributed by atoms with Gasteiger partial charge in [0.15, 0.2) is 5.65 Å². The highest BCUT2D eigenvalue weighted by Gasteiger charge is 2.15. The van der Waals surface area contributed by atoms with Crippen LogP contribution < -0.4 is 5.32 Å². The minimum atomic E-state index is 0.325. The monoisotopic (exact) mass is 446 g/mol. The van der Waals surface area contributed by atoms with Crippen LogP contribution in [0, 0.1) is 0 Å². The molecule has 3 N–H and O–H groups in total. The maximum atomic E-state index is 4.61. The van der Waals surface area contributed by atoms with Crippen molar-refractivity contribution >= 4 is 27.6 Å². The summed E-state index contributed by atoms with van der Waals surface area (Å²) in [5.74, 6) is 0. The second-order valence-corrected chi connectivity index (χ2v) is 8.53. The average Bonchev–Trinajstić information content (AvgIpc) is 3.48. The largest absolute Gasteiger partial charge is 0.382 e. The van der Waals surface area contributed by atoms with Gasteiger partial charge in [-0.15, -0.1) is 0 Å². The van der Waals surface area contributed by atoms with Gasteiger partial charge in [-0.05, 0) is 38.1 Å². The summed E-state index contributed by atoms with van der Waals surface area (Å²) in [7, 11) is 0. The van der Waals surface area contributed by atoms with Crippen LogP contribution >= 0.6 is 0 Å². The van der Waals surface area contributed by atoms with Crippen LogP contribution in [0.2, 0.25) is 0 Å². The van der Waals surface area contributed by atoms with E-state index in [9.17, 15) is 0 Å². The average molecular weight is 447 g/mol. The molecular formula is C26H22N8. The minimum Gasteiger partial charge on any atom is -0.382 e. The third kappa shape index (κ3) is 3.55. The smallest absolute Gasteiger partial charge is 0.155 e. The van der Waals surface area contributed by atoms with Crippen LogP contribution in [0.25, 0.3) is 55.6 Å². The summed E-state index contributed by atoms with van der Waals surface area (Å²) in [6, 6.07) is 10.6. The van der Waals surface area contributed by atoms with Gasteiger partial charge < -0.3 is 10.3 Å².